The first-order valence-electron chi connectivity index (χ1n) is 9.98. The molecule has 164 valence electrons. The van der Waals surface area contributed by atoms with E-state index in [1.807, 2.05) is 20.8 Å². The van der Waals surface area contributed by atoms with Crippen LogP contribution in [0.4, 0.5) is 5.82 Å². The summed E-state index contributed by atoms with van der Waals surface area (Å²) in [6, 6.07) is 13.8. The summed E-state index contributed by atoms with van der Waals surface area (Å²) in [5.74, 6) is -2.76. The van der Waals surface area contributed by atoms with Gasteiger partial charge in [0.15, 0.2) is 11.6 Å². The van der Waals surface area contributed by atoms with Crippen LogP contribution in [0.25, 0.3) is 0 Å². The SMILES string of the molecule is CC(C)(C)c1cc(N2C(=O)C(=O)C(C(=O)c3ccccc3Cl)C2c2ccc(Cl)cc2)no1. The number of nitrogens with zero attached hydrogens (tertiary/aromatic N) is 2. The molecule has 0 spiro atoms. The monoisotopic (exact) mass is 470 g/mol. The normalized spacial score (nSPS) is 19.0. The van der Waals surface area contributed by atoms with Crippen molar-refractivity contribution >= 4 is 46.5 Å². The van der Waals surface area contributed by atoms with Crippen LogP contribution in [0.2, 0.25) is 10.0 Å². The maximum Gasteiger partial charge on any atom is 0.297 e. The zero-order valence-electron chi connectivity index (χ0n) is 17.6. The van der Waals surface area contributed by atoms with Gasteiger partial charge >= 0.3 is 0 Å². The third kappa shape index (κ3) is 3.85. The average Bonchev–Trinajstić information content (AvgIpc) is 3.32. The summed E-state index contributed by atoms with van der Waals surface area (Å²) in [6.07, 6.45) is 0. The Kier molecular flexibility index (Phi) is 5.69. The van der Waals surface area contributed by atoms with Crippen molar-refractivity contribution in [2.24, 2.45) is 5.92 Å². The fourth-order valence-corrected chi connectivity index (χ4v) is 4.10. The van der Waals surface area contributed by atoms with Crippen LogP contribution in [0.5, 0.6) is 0 Å². The summed E-state index contributed by atoms with van der Waals surface area (Å²) in [4.78, 5) is 40.9. The van der Waals surface area contributed by atoms with Crippen molar-refractivity contribution in [3.8, 4) is 0 Å². The van der Waals surface area contributed by atoms with Gasteiger partial charge in [0.05, 0.1) is 11.1 Å². The van der Waals surface area contributed by atoms with Gasteiger partial charge in [0.25, 0.3) is 5.91 Å². The maximum atomic E-state index is 13.5. The largest absolute Gasteiger partial charge is 0.359 e. The molecule has 32 heavy (non-hydrogen) atoms. The zero-order valence-corrected chi connectivity index (χ0v) is 19.1. The van der Waals surface area contributed by atoms with Gasteiger partial charge in [-0.25, -0.2) is 0 Å². The van der Waals surface area contributed by atoms with Gasteiger partial charge in [-0.05, 0) is 29.8 Å². The second-order valence-electron chi connectivity index (χ2n) is 8.66. The number of Topliss-reactive ketones (excluding diaryl/α,β-unsaturated/α-hetero) is 2. The first kappa shape index (κ1) is 22.2. The smallest absolute Gasteiger partial charge is 0.297 e. The number of benzene rings is 2. The first-order valence-corrected chi connectivity index (χ1v) is 10.7. The lowest BCUT2D eigenvalue weighted by Gasteiger charge is -2.25. The molecule has 3 aromatic rings. The molecular formula is C24H20Cl2N2O4. The third-order valence-electron chi connectivity index (χ3n) is 5.42. The van der Waals surface area contributed by atoms with Crippen molar-refractivity contribution in [3.05, 3.63) is 81.5 Å². The Hall–Kier alpha value is -2.96. The van der Waals surface area contributed by atoms with E-state index in [-0.39, 0.29) is 21.8 Å². The van der Waals surface area contributed by atoms with E-state index in [0.29, 0.717) is 16.3 Å². The molecule has 0 N–H and O–H groups in total. The van der Waals surface area contributed by atoms with Gasteiger partial charge in [-0.1, -0.05) is 73.4 Å². The predicted octanol–water partition coefficient (Wildman–Crippen LogP) is 5.44. The summed E-state index contributed by atoms with van der Waals surface area (Å²) in [5, 5.41) is 4.74. The molecule has 1 fully saturated rings. The first-order chi connectivity index (χ1) is 15.1. The second kappa shape index (κ2) is 8.19. The molecule has 2 heterocycles. The summed E-state index contributed by atoms with van der Waals surface area (Å²) < 4.78 is 5.45. The number of carbonyl (C=O) groups excluding carboxylic acids is 3. The van der Waals surface area contributed by atoms with E-state index in [2.05, 4.69) is 5.16 Å². The Labute approximate surface area is 195 Å². The van der Waals surface area contributed by atoms with Gasteiger partial charge < -0.3 is 4.52 Å². The van der Waals surface area contributed by atoms with Crippen molar-refractivity contribution in [2.45, 2.75) is 32.2 Å². The number of anilines is 1. The zero-order chi connectivity index (χ0) is 23.2. The topological polar surface area (TPSA) is 80.5 Å². The van der Waals surface area contributed by atoms with Gasteiger partial charge in [-0.2, -0.15) is 0 Å². The standard InChI is InChI=1S/C24H20Cl2N2O4/c1-24(2,3)17-12-18(27-32-17)28-20(13-8-10-14(25)11-9-13)19(22(30)23(28)31)21(29)15-6-4-5-7-16(15)26/h4-12,19-20H,1-3H3. The highest BCUT2D eigenvalue weighted by Crippen LogP contribution is 2.42. The van der Waals surface area contributed by atoms with E-state index in [1.165, 1.54) is 11.0 Å². The molecule has 1 aliphatic rings. The Morgan fingerprint density at radius 1 is 1.03 bits per heavy atom. The van der Waals surface area contributed by atoms with Gasteiger partial charge in [0.1, 0.15) is 11.7 Å². The highest BCUT2D eigenvalue weighted by molar-refractivity contribution is 6.49. The third-order valence-corrected chi connectivity index (χ3v) is 6.00. The molecule has 0 radical (unpaired) electrons. The Morgan fingerprint density at radius 2 is 1.69 bits per heavy atom. The maximum absolute atomic E-state index is 13.5. The lowest BCUT2D eigenvalue weighted by molar-refractivity contribution is -0.135. The molecular weight excluding hydrogens is 451 g/mol. The van der Waals surface area contributed by atoms with Crippen molar-refractivity contribution in [1.82, 2.24) is 5.16 Å². The molecule has 8 heteroatoms. The van der Waals surface area contributed by atoms with E-state index < -0.39 is 29.4 Å². The minimum atomic E-state index is -1.29. The molecule has 0 aliphatic carbocycles. The highest BCUT2D eigenvalue weighted by Gasteiger charge is 2.53. The van der Waals surface area contributed by atoms with Crippen LogP contribution in [0.1, 0.15) is 48.5 Å². The predicted molar refractivity (Wildman–Crippen MR) is 121 cm³/mol. The van der Waals surface area contributed by atoms with Crippen LogP contribution >= 0.6 is 23.2 Å². The molecule has 1 saturated heterocycles. The Bertz CT molecular complexity index is 1210. The van der Waals surface area contributed by atoms with Crippen molar-refractivity contribution in [2.75, 3.05) is 4.90 Å². The highest BCUT2D eigenvalue weighted by atomic mass is 35.5. The van der Waals surface area contributed by atoms with Crippen LogP contribution < -0.4 is 4.90 Å². The second-order valence-corrected chi connectivity index (χ2v) is 9.50. The number of hydrogen-bond acceptors (Lipinski definition) is 5. The number of amides is 1. The van der Waals surface area contributed by atoms with E-state index >= 15 is 0 Å². The Balaban J connectivity index is 1.86. The summed E-state index contributed by atoms with van der Waals surface area (Å²) in [7, 11) is 0. The van der Waals surface area contributed by atoms with Crippen molar-refractivity contribution < 1.29 is 18.9 Å². The van der Waals surface area contributed by atoms with Gasteiger partial charge in [0, 0.05) is 22.1 Å². The molecule has 0 saturated carbocycles. The molecule has 6 nitrogen and oxygen atoms in total. The number of ketones is 2. The van der Waals surface area contributed by atoms with Crippen molar-refractivity contribution in [3.63, 3.8) is 0 Å². The van der Waals surface area contributed by atoms with E-state index in [0.717, 1.165) is 0 Å². The number of aromatic nitrogens is 1. The minimum Gasteiger partial charge on any atom is -0.359 e. The van der Waals surface area contributed by atoms with Gasteiger partial charge in [0.2, 0.25) is 5.78 Å². The molecule has 2 unspecified atom stereocenters. The van der Waals surface area contributed by atoms with Gasteiger partial charge in [-0.3, -0.25) is 19.3 Å². The van der Waals surface area contributed by atoms with Gasteiger partial charge in [-0.15, -0.1) is 0 Å². The molecule has 2 atom stereocenters. The number of carbonyl (C=O) groups is 3. The van der Waals surface area contributed by atoms with E-state index in [9.17, 15) is 14.4 Å². The molecule has 0 bridgehead atoms. The van der Waals surface area contributed by atoms with Crippen LogP contribution in [-0.2, 0) is 15.0 Å². The number of halogens is 2. The number of rotatable bonds is 4. The minimum absolute atomic E-state index is 0.169. The van der Waals surface area contributed by atoms with Crippen LogP contribution in [0.3, 0.4) is 0 Å². The molecule has 1 aliphatic heterocycles. The lowest BCUT2D eigenvalue weighted by Crippen LogP contribution is -2.31. The van der Waals surface area contributed by atoms with Crippen LogP contribution in [-0.4, -0.2) is 22.6 Å². The molecule has 4 rings (SSSR count). The summed E-state index contributed by atoms with van der Waals surface area (Å²) >= 11 is 12.3. The fourth-order valence-electron chi connectivity index (χ4n) is 3.74. The van der Waals surface area contributed by atoms with Crippen LogP contribution in [0.15, 0.2) is 59.1 Å². The van der Waals surface area contributed by atoms with Crippen molar-refractivity contribution in [1.29, 1.82) is 0 Å². The summed E-state index contributed by atoms with van der Waals surface area (Å²) in [5.41, 5.74) is 0.386. The van der Waals surface area contributed by atoms with Crippen LogP contribution in [0, 0.1) is 5.92 Å². The average molecular weight is 471 g/mol. The molecule has 1 aromatic heterocycles. The molecule has 2 aromatic carbocycles. The lowest BCUT2D eigenvalue weighted by atomic mass is 9.86. The van der Waals surface area contributed by atoms with E-state index in [4.69, 9.17) is 27.7 Å². The number of hydrogen-bond donors (Lipinski definition) is 0. The quantitative estimate of drug-likeness (QED) is 0.288. The Morgan fingerprint density at radius 3 is 2.28 bits per heavy atom. The summed E-state index contributed by atoms with van der Waals surface area (Å²) in [6.45, 7) is 5.82. The fraction of sp³-hybridized carbons (Fsp3) is 0.250. The van der Waals surface area contributed by atoms with E-state index in [1.54, 1.807) is 48.5 Å². The molecule has 1 amide bonds.